The van der Waals surface area contributed by atoms with E-state index in [0.717, 1.165) is 19.3 Å². The SMILES string of the molecule is CN1CCN(S(=O)(=O)c2cccc(C(=O)OCC3CC=CCC3)c2)CC1. The minimum atomic E-state index is -3.59. The molecule has 1 fully saturated rings. The minimum Gasteiger partial charge on any atom is -0.462 e. The van der Waals surface area contributed by atoms with Crippen molar-refractivity contribution in [1.82, 2.24) is 9.21 Å². The molecule has 2 aliphatic rings. The molecule has 142 valence electrons. The molecule has 1 unspecified atom stereocenters. The first-order chi connectivity index (χ1) is 12.5. The predicted molar refractivity (Wildman–Crippen MR) is 99.5 cm³/mol. The van der Waals surface area contributed by atoms with Crippen LogP contribution in [0.1, 0.15) is 29.6 Å². The van der Waals surface area contributed by atoms with Gasteiger partial charge in [-0.3, -0.25) is 0 Å². The Bertz CT molecular complexity index is 767. The van der Waals surface area contributed by atoms with E-state index in [4.69, 9.17) is 4.74 Å². The van der Waals surface area contributed by atoms with Gasteiger partial charge in [0.05, 0.1) is 17.1 Å². The summed E-state index contributed by atoms with van der Waals surface area (Å²) in [7, 11) is -1.61. The number of allylic oxidation sites excluding steroid dienone is 2. The lowest BCUT2D eigenvalue weighted by molar-refractivity contribution is 0.0432. The van der Waals surface area contributed by atoms with Crippen LogP contribution < -0.4 is 0 Å². The summed E-state index contributed by atoms with van der Waals surface area (Å²) in [4.78, 5) is 14.6. The Labute approximate surface area is 155 Å². The normalized spacial score (nSPS) is 22.3. The molecule has 1 aromatic carbocycles. The molecule has 1 saturated heterocycles. The maximum atomic E-state index is 12.8. The molecule has 0 radical (unpaired) electrons. The van der Waals surface area contributed by atoms with Crippen molar-refractivity contribution in [2.24, 2.45) is 5.92 Å². The summed E-state index contributed by atoms with van der Waals surface area (Å²) in [5.41, 5.74) is 0.284. The van der Waals surface area contributed by atoms with Gasteiger partial charge in [0, 0.05) is 26.2 Å². The molecule has 1 atom stereocenters. The highest BCUT2D eigenvalue weighted by atomic mass is 32.2. The van der Waals surface area contributed by atoms with Crippen LogP contribution in [0.25, 0.3) is 0 Å². The lowest BCUT2D eigenvalue weighted by Gasteiger charge is -2.31. The second-order valence-electron chi connectivity index (χ2n) is 6.98. The van der Waals surface area contributed by atoms with E-state index in [9.17, 15) is 13.2 Å². The fourth-order valence-electron chi connectivity index (χ4n) is 3.25. The van der Waals surface area contributed by atoms with E-state index in [-0.39, 0.29) is 10.5 Å². The van der Waals surface area contributed by atoms with Gasteiger partial charge in [-0.05, 0) is 50.4 Å². The summed E-state index contributed by atoms with van der Waals surface area (Å²) in [6.07, 6.45) is 7.21. The van der Waals surface area contributed by atoms with Gasteiger partial charge < -0.3 is 9.64 Å². The van der Waals surface area contributed by atoms with E-state index < -0.39 is 16.0 Å². The van der Waals surface area contributed by atoms with Gasteiger partial charge in [0.25, 0.3) is 0 Å². The van der Waals surface area contributed by atoms with Crippen LogP contribution in [0.5, 0.6) is 0 Å². The topological polar surface area (TPSA) is 66.9 Å². The molecule has 0 saturated carbocycles. The number of likely N-dealkylation sites (N-methyl/N-ethyl adjacent to an activating group) is 1. The molecule has 7 heteroatoms. The van der Waals surface area contributed by atoms with Crippen LogP contribution in [0.2, 0.25) is 0 Å². The molecule has 3 rings (SSSR count). The molecule has 1 heterocycles. The van der Waals surface area contributed by atoms with Crippen molar-refractivity contribution >= 4 is 16.0 Å². The van der Waals surface area contributed by atoms with E-state index >= 15 is 0 Å². The molecule has 0 aromatic heterocycles. The number of rotatable bonds is 5. The van der Waals surface area contributed by atoms with E-state index in [2.05, 4.69) is 17.1 Å². The van der Waals surface area contributed by atoms with E-state index in [1.54, 1.807) is 12.1 Å². The van der Waals surface area contributed by atoms with Crippen LogP contribution in [0.3, 0.4) is 0 Å². The van der Waals surface area contributed by atoms with E-state index in [1.165, 1.54) is 16.4 Å². The Morgan fingerprint density at radius 3 is 2.65 bits per heavy atom. The van der Waals surface area contributed by atoms with Crippen LogP contribution in [0.15, 0.2) is 41.3 Å². The maximum Gasteiger partial charge on any atom is 0.338 e. The highest BCUT2D eigenvalue weighted by molar-refractivity contribution is 7.89. The Morgan fingerprint density at radius 2 is 1.96 bits per heavy atom. The average molecular weight is 378 g/mol. The number of hydrogen-bond donors (Lipinski definition) is 0. The third kappa shape index (κ3) is 4.52. The smallest absolute Gasteiger partial charge is 0.338 e. The van der Waals surface area contributed by atoms with Crippen LogP contribution >= 0.6 is 0 Å². The van der Waals surface area contributed by atoms with Gasteiger partial charge in [0.1, 0.15) is 0 Å². The number of carbonyl (C=O) groups is 1. The van der Waals surface area contributed by atoms with E-state index in [0.29, 0.717) is 38.7 Å². The first-order valence-electron chi connectivity index (χ1n) is 9.08. The van der Waals surface area contributed by atoms with Gasteiger partial charge in [-0.15, -0.1) is 0 Å². The number of nitrogens with zero attached hydrogens (tertiary/aromatic N) is 2. The van der Waals surface area contributed by atoms with Crippen molar-refractivity contribution in [3.63, 3.8) is 0 Å². The van der Waals surface area contributed by atoms with Crippen molar-refractivity contribution in [2.45, 2.75) is 24.2 Å². The predicted octanol–water partition coefficient (Wildman–Crippen LogP) is 2.14. The van der Waals surface area contributed by atoms with Gasteiger partial charge in [-0.2, -0.15) is 4.31 Å². The van der Waals surface area contributed by atoms with Crippen molar-refractivity contribution in [1.29, 1.82) is 0 Å². The number of hydrogen-bond acceptors (Lipinski definition) is 5. The molecule has 1 aromatic rings. The number of sulfonamides is 1. The summed E-state index contributed by atoms with van der Waals surface area (Å²) in [5, 5.41) is 0. The Balaban J connectivity index is 1.67. The fourth-order valence-corrected chi connectivity index (χ4v) is 4.71. The molecular weight excluding hydrogens is 352 g/mol. The van der Waals surface area contributed by atoms with E-state index in [1.807, 2.05) is 7.05 Å². The summed E-state index contributed by atoms with van der Waals surface area (Å²) in [6, 6.07) is 6.17. The lowest BCUT2D eigenvalue weighted by Crippen LogP contribution is -2.47. The summed E-state index contributed by atoms with van der Waals surface area (Å²) < 4.78 is 32.5. The zero-order valence-corrected chi connectivity index (χ0v) is 16.0. The number of ether oxygens (including phenoxy) is 1. The molecule has 1 aliphatic carbocycles. The monoisotopic (exact) mass is 378 g/mol. The lowest BCUT2D eigenvalue weighted by atomic mass is 9.95. The summed E-state index contributed by atoms with van der Waals surface area (Å²) in [6.45, 7) is 2.71. The van der Waals surface area contributed by atoms with Crippen molar-refractivity contribution < 1.29 is 17.9 Å². The number of carbonyl (C=O) groups excluding carboxylic acids is 1. The third-order valence-corrected chi connectivity index (χ3v) is 6.89. The number of benzene rings is 1. The largest absolute Gasteiger partial charge is 0.462 e. The third-order valence-electron chi connectivity index (χ3n) is 5.00. The average Bonchev–Trinajstić information content (AvgIpc) is 2.67. The summed E-state index contributed by atoms with van der Waals surface area (Å²) >= 11 is 0. The quantitative estimate of drug-likeness (QED) is 0.580. The molecule has 6 nitrogen and oxygen atoms in total. The Hall–Kier alpha value is -1.70. The van der Waals surface area contributed by atoms with Gasteiger partial charge in [0.15, 0.2) is 0 Å². The first-order valence-corrected chi connectivity index (χ1v) is 10.5. The molecule has 0 bridgehead atoms. The van der Waals surface area contributed by atoms with Crippen molar-refractivity contribution in [3.8, 4) is 0 Å². The highest BCUT2D eigenvalue weighted by Gasteiger charge is 2.28. The maximum absolute atomic E-state index is 12.8. The standard InChI is InChI=1S/C19H26N2O4S/c1-20-10-12-21(13-11-20)26(23,24)18-9-5-8-17(14-18)19(22)25-15-16-6-3-2-4-7-16/h2-3,5,8-9,14,16H,4,6-7,10-13,15H2,1H3. The van der Waals surface area contributed by atoms with Crippen LogP contribution in [-0.4, -0.2) is 63.4 Å². The van der Waals surface area contributed by atoms with Gasteiger partial charge in [-0.1, -0.05) is 18.2 Å². The van der Waals surface area contributed by atoms with Gasteiger partial charge >= 0.3 is 5.97 Å². The van der Waals surface area contributed by atoms with Crippen LogP contribution in [0, 0.1) is 5.92 Å². The van der Waals surface area contributed by atoms with Gasteiger partial charge in [-0.25, -0.2) is 13.2 Å². The molecule has 0 amide bonds. The summed E-state index contributed by atoms with van der Waals surface area (Å²) in [5.74, 6) is -0.115. The van der Waals surface area contributed by atoms with Crippen LogP contribution in [-0.2, 0) is 14.8 Å². The molecule has 26 heavy (non-hydrogen) atoms. The second-order valence-corrected chi connectivity index (χ2v) is 8.92. The molecule has 0 spiro atoms. The second kappa shape index (κ2) is 8.33. The zero-order valence-electron chi connectivity index (χ0n) is 15.1. The fraction of sp³-hybridized carbons (Fsp3) is 0.526. The number of piperazine rings is 1. The highest BCUT2D eigenvalue weighted by Crippen LogP contribution is 2.21. The van der Waals surface area contributed by atoms with Gasteiger partial charge in [0.2, 0.25) is 10.0 Å². The molecule has 1 aliphatic heterocycles. The Kier molecular flexibility index (Phi) is 6.11. The molecular formula is C19H26N2O4S. The van der Waals surface area contributed by atoms with Crippen LogP contribution in [0.4, 0.5) is 0 Å². The first kappa shape index (κ1) is 19.1. The van der Waals surface area contributed by atoms with Crippen molar-refractivity contribution in [3.05, 3.63) is 42.0 Å². The zero-order chi connectivity index (χ0) is 18.6. The number of esters is 1. The Morgan fingerprint density at radius 1 is 1.19 bits per heavy atom. The minimum absolute atomic E-state index is 0.150. The van der Waals surface area contributed by atoms with Crippen molar-refractivity contribution in [2.75, 3.05) is 39.8 Å². The molecule has 0 N–H and O–H groups in total.